The van der Waals surface area contributed by atoms with Gasteiger partial charge in [-0.2, -0.15) is 5.10 Å². The second-order valence-electron chi connectivity index (χ2n) is 6.68. The SMILES string of the molecule is CN=C(NCCCc1ccccc1)NCC(C)Cn1nc(C)cc1C. The van der Waals surface area contributed by atoms with Crippen molar-refractivity contribution in [3.8, 4) is 0 Å². The maximum Gasteiger partial charge on any atom is 0.190 e. The lowest BCUT2D eigenvalue weighted by atomic mass is 10.1. The van der Waals surface area contributed by atoms with Crippen LogP contribution in [-0.2, 0) is 13.0 Å². The van der Waals surface area contributed by atoms with Crippen LogP contribution in [0.5, 0.6) is 0 Å². The van der Waals surface area contributed by atoms with Gasteiger partial charge in [0.1, 0.15) is 0 Å². The third-order valence-electron chi connectivity index (χ3n) is 4.21. The van der Waals surface area contributed by atoms with Gasteiger partial charge < -0.3 is 10.6 Å². The van der Waals surface area contributed by atoms with E-state index in [4.69, 9.17) is 0 Å². The molecule has 0 aliphatic carbocycles. The molecule has 0 radical (unpaired) electrons. The van der Waals surface area contributed by atoms with Gasteiger partial charge in [-0.15, -0.1) is 0 Å². The molecule has 1 aromatic heterocycles. The lowest BCUT2D eigenvalue weighted by Gasteiger charge is -2.17. The molecule has 0 bridgehead atoms. The Morgan fingerprint density at radius 1 is 1.20 bits per heavy atom. The molecule has 25 heavy (non-hydrogen) atoms. The van der Waals surface area contributed by atoms with E-state index in [1.54, 1.807) is 0 Å². The summed E-state index contributed by atoms with van der Waals surface area (Å²) in [6, 6.07) is 12.7. The number of nitrogens with zero attached hydrogens (tertiary/aromatic N) is 3. The van der Waals surface area contributed by atoms with Crippen molar-refractivity contribution in [1.82, 2.24) is 20.4 Å². The highest BCUT2D eigenvalue weighted by molar-refractivity contribution is 5.79. The van der Waals surface area contributed by atoms with Crippen molar-refractivity contribution in [2.75, 3.05) is 20.1 Å². The van der Waals surface area contributed by atoms with E-state index in [-0.39, 0.29) is 0 Å². The van der Waals surface area contributed by atoms with Crippen molar-refractivity contribution in [3.63, 3.8) is 0 Å². The van der Waals surface area contributed by atoms with E-state index >= 15 is 0 Å². The summed E-state index contributed by atoms with van der Waals surface area (Å²) in [4.78, 5) is 4.31. The van der Waals surface area contributed by atoms with Crippen LogP contribution in [0.3, 0.4) is 0 Å². The number of guanidine groups is 1. The first-order valence-corrected chi connectivity index (χ1v) is 9.08. The summed E-state index contributed by atoms with van der Waals surface area (Å²) in [7, 11) is 1.82. The smallest absolute Gasteiger partial charge is 0.190 e. The van der Waals surface area contributed by atoms with Crippen LogP contribution >= 0.6 is 0 Å². The van der Waals surface area contributed by atoms with E-state index in [1.807, 2.05) is 14.0 Å². The van der Waals surface area contributed by atoms with E-state index in [9.17, 15) is 0 Å². The Bertz CT molecular complexity index is 660. The minimum atomic E-state index is 0.473. The van der Waals surface area contributed by atoms with Crippen LogP contribution in [0, 0.1) is 19.8 Å². The fourth-order valence-electron chi connectivity index (χ4n) is 2.86. The molecule has 2 aromatic rings. The normalized spacial score (nSPS) is 12.9. The minimum absolute atomic E-state index is 0.473. The summed E-state index contributed by atoms with van der Waals surface area (Å²) < 4.78 is 2.08. The van der Waals surface area contributed by atoms with Crippen molar-refractivity contribution in [2.45, 2.75) is 40.2 Å². The van der Waals surface area contributed by atoms with Crippen LogP contribution < -0.4 is 10.6 Å². The lowest BCUT2D eigenvalue weighted by molar-refractivity contribution is 0.436. The molecule has 2 N–H and O–H groups in total. The van der Waals surface area contributed by atoms with Crippen LogP contribution in [0.25, 0.3) is 0 Å². The molecule has 0 aliphatic rings. The molecule has 0 spiro atoms. The second kappa shape index (κ2) is 9.87. The molecule has 136 valence electrons. The predicted molar refractivity (Wildman–Crippen MR) is 105 cm³/mol. The van der Waals surface area contributed by atoms with Gasteiger partial charge in [0.2, 0.25) is 0 Å². The van der Waals surface area contributed by atoms with Gasteiger partial charge >= 0.3 is 0 Å². The van der Waals surface area contributed by atoms with Gasteiger partial charge in [-0.3, -0.25) is 9.67 Å². The second-order valence-corrected chi connectivity index (χ2v) is 6.68. The Labute approximate surface area is 151 Å². The fraction of sp³-hybridized carbons (Fsp3) is 0.500. The van der Waals surface area contributed by atoms with Gasteiger partial charge in [-0.05, 0) is 44.2 Å². The molecular weight excluding hydrogens is 310 g/mol. The first-order chi connectivity index (χ1) is 12.1. The van der Waals surface area contributed by atoms with E-state index in [0.29, 0.717) is 5.92 Å². The number of nitrogens with one attached hydrogen (secondary N) is 2. The number of aromatic nitrogens is 2. The zero-order valence-corrected chi connectivity index (χ0v) is 15.9. The van der Waals surface area contributed by atoms with E-state index in [2.05, 4.69) is 75.7 Å². The molecule has 1 heterocycles. The van der Waals surface area contributed by atoms with E-state index in [1.165, 1.54) is 11.3 Å². The molecule has 1 aromatic carbocycles. The Kier molecular flexibility index (Phi) is 7.51. The average molecular weight is 342 g/mol. The minimum Gasteiger partial charge on any atom is -0.356 e. The number of benzene rings is 1. The molecule has 1 unspecified atom stereocenters. The van der Waals surface area contributed by atoms with Crippen LogP contribution in [0.1, 0.15) is 30.3 Å². The fourth-order valence-corrected chi connectivity index (χ4v) is 2.86. The lowest BCUT2D eigenvalue weighted by Crippen LogP contribution is -2.40. The van der Waals surface area contributed by atoms with Gasteiger partial charge in [-0.25, -0.2) is 0 Å². The van der Waals surface area contributed by atoms with Gasteiger partial charge in [0, 0.05) is 32.4 Å². The maximum atomic E-state index is 4.53. The number of rotatable bonds is 8. The molecule has 1 atom stereocenters. The predicted octanol–water partition coefficient (Wildman–Crippen LogP) is 2.93. The first kappa shape index (κ1) is 19.0. The Hall–Kier alpha value is -2.30. The highest BCUT2D eigenvalue weighted by Crippen LogP contribution is 2.06. The molecule has 0 amide bonds. The molecule has 0 aliphatic heterocycles. The van der Waals surface area contributed by atoms with Gasteiger partial charge in [0.05, 0.1) is 5.69 Å². The van der Waals surface area contributed by atoms with Gasteiger partial charge in [0.25, 0.3) is 0 Å². The average Bonchev–Trinajstić information content (AvgIpc) is 2.92. The molecule has 5 heteroatoms. The maximum absolute atomic E-state index is 4.53. The number of aryl methyl sites for hydroxylation is 3. The summed E-state index contributed by atoms with van der Waals surface area (Å²) >= 11 is 0. The first-order valence-electron chi connectivity index (χ1n) is 9.08. The molecular formula is C20H31N5. The van der Waals surface area contributed by atoms with Crippen LogP contribution in [0.4, 0.5) is 0 Å². The standard InChI is InChI=1S/C20H31N5/c1-16(15-25-18(3)13-17(2)24-25)14-23-20(21-4)22-12-8-11-19-9-6-5-7-10-19/h5-7,9-10,13,16H,8,11-12,14-15H2,1-4H3,(H2,21,22,23). The summed E-state index contributed by atoms with van der Waals surface area (Å²) in [5.41, 5.74) is 3.67. The van der Waals surface area contributed by atoms with Gasteiger partial charge in [-0.1, -0.05) is 37.3 Å². The van der Waals surface area contributed by atoms with Crippen molar-refractivity contribution in [1.29, 1.82) is 0 Å². The van der Waals surface area contributed by atoms with Crippen LogP contribution in [0.2, 0.25) is 0 Å². The van der Waals surface area contributed by atoms with E-state index in [0.717, 1.165) is 44.1 Å². The quantitative estimate of drug-likeness (QED) is 0.441. The van der Waals surface area contributed by atoms with Crippen molar-refractivity contribution in [2.24, 2.45) is 10.9 Å². The van der Waals surface area contributed by atoms with Crippen LogP contribution in [0.15, 0.2) is 41.4 Å². The van der Waals surface area contributed by atoms with E-state index < -0.39 is 0 Å². The van der Waals surface area contributed by atoms with Crippen molar-refractivity contribution >= 4 is 5.96 Å². The Balaban J connectivity index is 1.66. The van der Waals surface area contributed by atoms with Crippen LogP contribution in [-0.4, -0.2) is 35.9 Å². The Morgan fingerprint density at radius 2 is 1.96 bits per heavy atom. The number of aliphatic imine (C=N–C) groups is 1. The molecule has 0 saturated carbocycles. The molecule has 0 fully saturated rings. The largest absolute Gasteiger partial charge is 0.356 e. The number of hydrogen-bond donors (Lipinski definition) is 2. The summed E-state index contributed by atoms with van der Waals surface area (Å²) in [6.07, 6.45) is 2.17. The Morgan fingerprint density at radius 3 is 2.60 bits per heavy atom. The van der Waals surface area contributed by atoms with Gasteiger partial charge in [0.15, 0.2) is 5.96 Å². The number of hydrogen-bond acceptors (Lipinski definition) is 2. The third-order valence-corrected chi connectivity index (χ3v) is 4.21. The highest BCUT2D eigenvalue weighted by atomic mass is 15.3. The highest BCUT2D eigenvalue weighted by Gasteiger charge is 2.08. The van der Waals surface area contributed by atoms with Crippen molar-refractivity contribution < 1.29 is 0 Å². The summed E-state index contributed by atoms with van der Waals surface area (Å²) in [6.45, 7) is 9.07. The summed E-state index contributed by atoms with van der Waals surface area (Å²) in [5, 5.41) is 11.3. The monoisotopic (exact) mass is 341 g/mol. The topological polar surface area (TPSA) is 54.2 Å². The zero-order valence-electron chi connectivity index (χ0n) is 15.9. The molecule has 5 nitrogen and oxygen atoms in total. The summed E-state index contributed by atoms with van der Waals surface area (Å²) in [5.74, 6) is 1.34. The zero-order chi connectivity index (χ0) is 18.1. The molecule has 2 rings (SSSR count). The van der Waals surface area contributed by atoms with Crippen molar-refractivity contribution in [3.05, 3.63) is 53.3 Å². The molecule has 0 saturated heterocycles. The third kappa shape index (κ3) is 6.61.